The third-order valence-electron chi connectivity index (χ3n) is 3.45. The van der Waals surface area contributed by atoms with E-state index in [2.05, 4.69) is 21.2 Å². The maximum Gasteiger partial charge on any atom is 0.311 e. The fourth-order valence-corrected chi connectivity index (χ4v) is 2.86. The molecule has 0 aliphatic heterocycles. The lowest BCUT2D eigenvalue weighted by molar-refractivity contribution is -0.136. The molecule has 0 saturated heterocycles. The molecule has 23 heavy (non-hydrogen) atoms. The smallest absolute Gasteiger partial charge is 0.311 e. The predicted molar refractivity (Wildman–Crippen MR) is 89.6 cm³/mol. The average molecular weight is 380 g/mol. The number of benzene rings is 1. The molecule has 1 aromatic carbocycles. The molecule has 1 unspecified atom stereocenters. The number of nitrogens with one attached hydrogen (secondary N) is 1. The number of carboxylic acids is 1. The van der Waals surface area contributed by atoms with Gasteiger partial charge in [-0.3, -0.25) is 9.59 Å². The van der Waals surface area contributed by atoms with Crippen LogP contribution >= 0.6 is 15.9 Å². The van der Waals surface area contributed by atoms with Crippen LogP contribution in [0.1, 0.15) is 34.2 Å². The lowest BCUT2D eigenvalue weighted by Gasteiger charge is -2.15. The Labute approximate surface area is 142 Å². The van der Waals surface area contributed by atoms with E-state index in [0.717, 1.165) is 10.0 Å². The molecular weight excluding hydrogens is 362 g/mol. The molecule has 1 atom stereocenters. The zero-order valence-corrected chi connectivity index (χ0v) is 14.5. The number of carbonyl (C=O) groups excluding carboxylic acids is 1. The van der Waals surface area contributed by atoms with Crippen LogP contribution in [0.5, 0.6) is 0 Å². The SMILES string of the molecule is Cc1coc(CC(=O)O)c1C(=O)NC(C)Cc1ccccc1Br. The maximum atomic E-state index is 12.4. The van der Waals surface area contributed by atoms with Crippen molar-refractivity contribution < 1.29 is 19.1 Å². The van der Waals surface area contributed by atoms with Crippen LogP contribution in [-0.4, -0.2) is 23.0 Å². The van der Waals surface area contributed by atoms with Crippen molar-refractivity contribution in [2.45, 2.75) is 32.7 Å². The molecule has 0 saturated carbocycles. The second kappa shape index (κ2) is 7.46. The molecule has 2 aromatic rings. The second-order valence-electron chi connectivity index (χ2n) is 5.46. The maximum absolute atomic E-state index is 12.4. The number of rotatable bonds is 6. The van der Waals surface area contributed by atoms with E-state index in [4.69, 9.17) is 9.52 Å². The Hall–Kier alpha value is -2.08. The number of carbonyl (C=O) groups is 2. The summed E-state index contributed by atoms with van der Waals surface area (Å²) in [6.07, 6.45) is 1.76. The van der Waals surface area contributed by atoms with Crippen LogP contribution in [0.3, 0.4) is 0 Å². The van der Waals surface area contributed by atoms with E-state index >= 15 is 0 Å². The van der Waals surface area contributed by atoms with Crippen molar-refractivity contribution in [2.24, 2.45) is 0 Å². The van der Waals surface area contributed by atoms with Gasteiger partial charge in [0.25, 0.3) is 5.91 Å². The Morgan fingerprint density at radius 1 is 1.35 bits per heavy atom. The van der Waals surface area contributed by atoms with Crippen molar-refractivity contribution in [1.29, 1.82) is 0 Å². The molecule has 5 nitrogen and oxygen atoms in total. The largest absolute Gasteiger partial charge is 0.481 e. The highest BCUT2D eigenvalue weighted by Gasteiger charge is 2.21. The zero-order chi connectivity index (χ0) is 17.0. The monoisotopic (exact) mass is 379 g/mol. The van der Waals surface area contributed by atoms with E-state index in [1.54, 1.807) is 6.92 Å². The highest BCUT2D eigenvalue weighted by molar-refractivity contribution is 9.10. The summed E-state index contributed by atoms with van der Waals surface area (Å²) in [5.41, 5.74) is 2.04. The van der Waals surface area contributed by atoms with Gasteiger partial charge in [0.1, 0.15) is 12.2 Å². The van der Waals surface area contributed by atoms with Gasteiger partial charge in [0.2, 0.25) is 0 Å². The first kappa shape index (κ1) is 17.3. The molecule has 0 radical (unpaired) electrons. The molecular formula is C17H18BrNO4. The van der Waals surface area contributed by atoms with Gasteiger partial charge < -0.3 is 14.8 Å². The van der Waals surface area contributed by atoms with E-state index in [9.17, 15) is 9.59 Å². The van der Waals surface area contributed by atoms with Gasteiger partial charge in [-0.05, 0) is 31.9 Å². The zero-order valence-electron chi connectivity index (χ0n) is 12.9. The van der Waals surface area contributed by atoms with Crippen molar-refractivity contribution in [3.63, 3.8) is 0 Å². The third-order valence-corrected chi connectivity index (χ3v) is 4.23. The Kier molecular flexibility index (Phi) is 5.60. The minimum atomic E-state index is -1.03. The van der Waals surface area contributed by atoms with E-state index < -0.39 is 5.97 Å². The number of aliphatic carboxylic acids is 1. The van der Waals surface area contributed by atoms with Crippen molar-refractivity contribution in [2.75, 3.05) is 0 Å². The molecule has 2 N–H and O–H groups in total. The molecule has 2 rings (SSSR count). The van der Waals surface area contributed by atoms with Gasteiger partial charge in [-0.1, -0.05) is 34.1 Å². The number of aryl methyl sites for hydroxylation is 1. The minimum absolute atomic E-state index is 0.104. The van der Waals surface area contributed by atoms with Crippen LogP contribution in [0.15, 0.2) is 39.4 Å². The number of hydrogen-bond donors (Lipinski definition) is 2. The summed E-state index contributed by atoms with van der Waals surface area (Å²) in [6.45, 7) is 3.63. The highest BCUT2D eigenvalue weighted by atomic mass is 79.9. The first-order valence-corrected chi connectivity index (χ1v) is 8.00. The summed E-state index contributed by atoms with van der Waals surface area (Å²) >= 11 is 3.49. The summed E-state index contributed by atoms with van der Waals surface area (Å²) in [5.74, 6) is -1.16. The van der Waals surface area contributed by atoms with Crippen LogP contribution in [0.2, 0.25) is 0 Å². The van der Waals surface area contributed by atoms with Crippen LogP contribution in [0.25, 0.3) is 0 Å². The Morgan fingerprint density at radius 3 is 2.70 bits per heavy atom. The summed E-state index contributed by atoms with van der Waals surface area (Å²) in [7, 11) is 0. The quantitative estimate of drug-likeness (QED) is 0.806. The first-order valence-electron chi connectivity index (χ1n) is 7.21. The second-order valence-corrected chi connectivity index (χ2v) is 6.31. The standard InChI is InChI=1S/C17H18BrNO4/c1-10-9-23-14(8-15(20)21)16(10)17(22)19-11(2)7-12-5-3-4-6-13(12)18/h3-6,9,11H,7-8H2,1-2H3,(H,19,22)(H,20,21). The van der Waals surface area contributed by atoms with Gasteiger partial charge in [0, 0.05) is 16.1 Å². The van der Waals surface area contributed by atoms with Crippen LogP contribution in [-0.2, 0) is 17.6 Å². The average Bonchev–Trinajstić information content (AvgIpc) is 2.81. The lowest BCUT2D eigenvalue weighted by atomic mass is 10.1. The third kappa shape index (κ3) is 4.45. The van der Waals surface area contributed by atoms with Gasteiger partial charge in [-0.25, -0.2) is 0 Å². The molecule has 0 spiro atoms. The normalized spacial score (nSPS) is 12.0. The molecule has 0 bridgehead atoms. The van der Waals surface area contributed by atoms with Crippen LogP contribution in [0.4, 0.5) is 0 Å². The van der Waals surface area contributed by atoms with Crippen molar-refractivity contribution in [1.82, 2.24) is 5.32 Å². The number of amides is 1. The Bertz CT molecular complexity index is 723. The van der Waals surface area contributed by atoms with Gasteiger partial charge >= 0.3 is 5.97 Å². The van der Waals surface area contributed by atoms with Crippen molar-refractivity contribution in [3.8, 4) is 0 Å². The molecule has 6 heteroatoms. The van der Waals surface area contributed by atoms with Gasteiger partial charge in [0.15, 0.2) is 0 Å². The van der Waals surface area contributed by atoms with Crippen molar-refractivity contribution >= 4 is 27.8 Å². The fraction of sp³-hybridized carbons (Fsp3) is 0.294. The predicted octanol–water partition coefficient (Wildman–Crippen LogP) is 3.34. The fourth-order valence-electron chi connectivity index (χ4n) is 2.41. The van der Waals surface area contributed by atoms with E-state index in [0.29, 0.717) is 17.5 Å². The van der Waals surface area contributed by atoms with E-state index in [-0.39, 0.29) is 24.1 Å². The Balaban J connectivity index is 2.08. The molecule has 1 aromatic heterocycles. The molecule has 0 aliphatic carbocycles. The molecule has 0 fully saturated rings. The number of furan rings is 1. The van der Waals surface area contributed by atoms with Crippen molar-refractivity contribution in [3.05, 3.63) is 57.5 Å². The van der Waals surface area contributed by atoms with E-state index in [1.807, 2.05) is 31.2 Å². The van der Waals surface area contributed by atoms with Gasteiger partial charge in [0.05, 0.1) is 11.8 Å². The highest BCUT2D eigenvalue weighted by Crippen LogP contribution is 2.19. The molecule has 1 heterocycles. The van der Waals surface area contributed by atoms with Crippen LogP contribution < -0.4 is 5.32 Å². The summed E-state index contributed by atoms with van der Waals surface area (Å²) < 4.78 is 6.19. The first-order chi connectivity index (χ1) is 10.9. The molecule has 0 aliphatic rings. The molecule has 1 amide bonds. The topological polar surface area (TPSA) is 79.5 Å². The minimum Gasteiger partial charge on any atom is -0.481 e. The van der Waals surface area contributed by atoms with E-state index in [1.165, 1.54) is 6.26 Å². The summed E-state index contributed by atoms with van der Waals surface area (Å²) in [4.78, 5) is 23.3. The van der Waals surface area contributed by atoms with Crippen LogP contribution in [0, 0.1) is 6.92 Å². The number of halogens is 1. The lowest BCUT2D eigenvalue weighted by Crippen LogP contribution is -2.35. The summed E-state index contributed by atoms with van der Waals surface area (Å²) in [6, 6.07) is 7.72. The Morgan fingerprint density at radius 2 is 2.04 bits per heavy atom. The number of carboxylic acid groups (broad SMARTS) is 1. The molecule has 122 valence electrons. The summed E-state index contributed by atoms with van der Waals surface area (Å²) in [5, 5.41) is 11.8. The van der Waals surface area contributed by atoms with Gasteiger partial charge in [-0.15, -0.1) is 0 Å². The number of hydrogen-bond acceptors (Lipinski definition) is 3. The van der Waals surface area contributed by atoms with Gasteiger partial charge in [-0.2, -0.15) is 0 Å².